The van der Waals surface area contributed by atoms with Crippen molar-refractivity contribution in [3.63, 3.8) is 0 Å². The molecule has 0 bridgehead atoms. The van der Waals surface area contributed by atoms with Crippen molar-refractivity contribution in [2.45, 2.75) is 33.2 Å². The number of nitrogen functional groups attached to an aromatic ring is 1. The number of rotatable bonds is 7. The number of nitrogens with two attached hydrogens (primary N) is 1. The molecule has 0 radical (unpaired) electrons. The third kappa shape index (κ3) is 6.59. The molecule has 0 aliphatic carbocycles. The molecule has 1 rings (SSSR count). The number of thiazole rings is 1. The predicted octanol–water partition coefficient (Wildman–Crippen LogP) is 2.26. The number of nitrogens with zero attached hydrogens (tertiary/aromatic N) is 1. The number of hydrogen-bond donors (Lipinski definition) is 3. The molecule has 1 amide bonds. The number of ether oxygens (including phenoxy) is 1. The lowest BCUT2D eigenvalue weighted by molar-refractivity contribution is 0.0931. The number of carbonyl (C=O) groups is 1. The van der Waals surface area contributed by atoms with Crippen LogP contribution < -0.4 is 16.4 Å². The van der Waals surface area contributed by atoms with E-state index in [1.165, 1.54) is 11.3 Å². The average Bonchev–Trinajstić information content (AvgIpc) is 2.66. The molecule has 1 heterocycles. The molecule has 0 aliphatic heterocycles. The second kappa shape index (κ2) is 7.42. The largest absolute Gasteiger partial charge is 0.382 e. The van der Waals surface area contributed by atoms with E-state index in [4.69, 9.17) is 10.5 Å². The van der Waals surface area contributed by atoms with Gasteiger partial charge in [-0.3, -0.25) is 4.79 Å². The van der Waals surface area contributed by atoms with Gasteiger partial charge in [0.05, 0.1) is 13.2 Å². The molecule has 1 aromatic rings. The van der Waals surface area contributed by atoms with E-state index in [1.807, 2.05) is 27.7 Å². The molecule has 0 spiro atoms. The number of anilines is 2. The van der Waals surface area contributed by atoms with Crippen LogP contribution in [0.4, 0.5) is 10.9 Å². The number of carbonyl (C=O) groups excluding carboxylic acids is 1. The van der Waals surface area contributed by atoms with Crippen LogP contribution in [0, 0.1) is 0 Å². The lowest BCUT2D eigenvalue weighted by Gasteiger charge is -2.19. The third-order valence-corrected chi connectivity index (χ3v) is 3.21. The highest BCUT2D eigenvalue weighted by atomic mass is 32.1. The lowest BCUT2D eigenvalue weighted by atomic mass is 10.1. The topological polar surface area (TPSA) is 89.3 Å². The number of nitrogens with one attached hydrogen (secondary N) is 2. The van der Waals surface area contributed by atoms with Crippen LogP contribution >= 0.6 is 11.3 Å². The summed E-state index contributed by atoms with van der Waals surface area (Å²) >= 11 is 1.25. The molecule has 0 unspecified atom stereocenters. The maximum atomic E-state index is 12.0. The molecule has 1 aromatic heterocycles. The molecule has 118 valence electrons. The van der Waals surface area contributed by atoms with Crippen molar-refractivity contribution in [3.8, 4) is 0 Å². The van der Waals surface area contributed by atoms with E-state index in [0.717, 1.165) is 5.57 Å². The summed E-state index contributed by atoms with van der Waals surface area (Å²) in [5, 5.41) is 6.60. The van der Waals surface area contributed by atoms with Crippen LogP contribution in [0.1, 0.15) is 37.4 Å². The molecule has 21 heavy (non-hydrogen) atoms. The first-order valence-corrected chi connectivity index (χ1v) is 7.55. The maximum absolute atomic E-state index is 12.0. The Balaban J connectivity index is 2.49. The molecule has 6 nitrogen and oxygen atoms in total. The standard InChI is InChI=1S/C14H24N4O2S/c1-9(2)8-20-7-6-16-12(19)10-11(15)17-13(21-10)18-14(3,4)5/h1,6-8,15H2,2-5H3,(H,16,19)(H,17,18). The summed E-state index contributed by atoms with van der Waals surface area (Å²) in [6, 6.07) is 0. The fourth-order valence-corrected chi connectivity index (χ4v) is 2.44. The van der Waals surface area contributed by atoms with Crippen molar-refractivity contribution in [3.05, 3.63) is 17.0 Å². The molecule has 0 atom stereocenters. The first kappa shape index (κ1) is 17.5. The highest BCUT2D eigenvalue weighted by Gasteiger charge is 2.18. The van der Waals surface area contributed by atoms with Gasteiger partial charge in [-0.15, -0.1) is 0 Å². The second-order valence-electron chi connectivity index (χ2n) is 5.87. The van der Waals surface area contributed by atoms with Crippen LogP contribution in [0.3, 0.4) is 0 Å². The Labute approximate surface area is 129 Å². The molecule has 0 saturated carbocycles. The molecule has 0 saturated heterocycles. The van der Waals surface area contributed by atoms with E-state index in [2.05, 4.69) is 22.2 Å². The van der Waals surface area contributed by atoms with Gasteiger partial charge in [0.25, 0.3) is 5.91 Å². The molecule has 0 fully saturated rings. The van der Waals surface area contributed by atoms with E-state index in [-0.39, 0.29) is 17.3 Å². The van der Waals surface area contributed by atoms with Gasteiger partial charge in [0.15, 0.2) is 5.13 Å². The van der Waals surface area contributed by atoms with Crippen LogP contribution in [0.2, 0.25) is 0 Å². The van der Waals surface area contributed by atoms with Crippen LogP contribution in [0.15, 0.2) is 12.2 Å². The monoisotopic (exact) mass is 312 g/mol. The Hall–Kier alpha value is -1.60. The van der Waals surface area contributed by atoms with E-state index >= 15 is 0 Å². The molecule has 7 heteroatoms. The minimum atomic E-state index is -0.231. The normalized spacial score (nSPS) is 11.2. The highest BCUT2D eigenvalue weighted by Crippen LogP contribution is 2.26. The van der Waals surface area contributed by atoms with Gasteiger partial charge in [-0.25, -0.2) is 4.98 Å². The van der Waals surface area contributed by atoms with Crippen molar-refractivity contribution in [2.75, 3.05) is 30.8 Å². The molecule has 0 aliphatic rings. The Morgan fingerprint density at radius 1 is 1.48 bits per heavy atom. The smallest absolute Gasteiger partial charge is 0.265 e. The number of hydrogen-bond acceptors (Lipinski definition) is 6. The van der Waals surface area contributed by atoms with E-state index in [9.17, 15) is 4.79 Å². The van der Waals surface area contributed by atoms with Crippen molar-refractivity contribution in [1.82, 2.24) is 10.3 Å². The number of amides is 1. The fourth-order valence-electron chi connectivity index (χ4n) is 1.43. The summed E-state index contributed by atoms with van der Waals surface area (Å²) in [4.78, 5) is 16.6. The first-order valence-electron chi connectivity index (χ1n) is 6.74. The lowest BCUT2D eigenvalue weighted by Crippen LogP contribution is -2.27. The van der Waals surface area contributed by atoms with Gasteiger partial charge < -0.3 is 21.1 Å². The Bertz CT molecular complexity index is 506. The van der Waals surface area contributed by atoms with Gasteiger partial charge in [0, 0.05) is 12.1 Å². The molecule has 0 aromatic carbocycles. The number of aromatic nitrogens is 1. The summed E-state index contributed by atoms with van der Waals surface area (Å²) in [5.74, 6) is 0.0120. The van der Waals surface area contributed by atoms with Crippen molar-refractivity contribution in [1.29, 1.82) is 0 Å². The van der Waals surface area contributed by atoms with Crippen molar-refractivity contribution < 1.29 is 9.53 Å². The summed E-state index contributed by atoms with van der Waals surface area (Å²) in [6.07, 6.45) is 0. The summed E-state index contributed by atoms with van der Waals surface area (Å²) in [6.45, 7) is 13.0. The quantitative estimate of drug-likeness (QED) is 0.531. The SMILES string of the molecule is C=C(C)COCCNC(=O)c1sc(NC(C)(C)C)nc1N. The maximum Gasteiger partial charge on any atom is 0.265 e. The van der Waals surface area contributed by atoms with Crippen molar-refractivity contribution >= 4 is 28.2 Å². The van der Waals surface area contributed by atoms with Crippen LogP contribution in [-0.4, -0.2) is 36.2 Å². The van der Waals surface area contributed by atoms with E-state index in [0.29, 0.717) is 29.8 Å². The van der Waals surface area contributed by atoms with Gasteiger partial charge in [-0.1, -0.05) is 23.5 Å². The van der Waals surface area contributed by atoms with E-state index < -0.39 is 0 Å². The average molecular weight is 312 g/mol. The molecular formula is C14H24N4O2S. The molecular weight excluding hydrogens is 288 g/mol. The Morgan fingerprint density at radius 2 is 2.14 bits per heavy atom. The van der Waals surface area contributed by atoms with Gasteiger partial charge in [-0.05, 0) is 27.7 Å². The summed E-state index contributed by atoms with van der Waals surface area (Å²) < 4.78 is 5.31. The third-order valence-electron chi connectivity index (χ3n) is 2.22. The van der Waals surface area contributed by atoms with Crippen molar-refractivity contribution in [2.24, 2.45) is 0 Å². The summed E-state index contributed by atoms with van der Waals surface area (Å²) in [7, 11) is 0. The molecule has 4 N–H and O–H groups in total. The van der Waals surface area contributed by atoms with E-state index in [1.54, 1.807) is 0 Å². The highest BCUT2D eigenvalue weighted by molar-refractivity contribution is 7.18. The first-order chi connectivity index (χ1) is 9.69. The zero-order chi connectivity index (χ0) is 16.0. The van der Waals surface area contributed by atoms with Crippen LogP contribution in [0.25, 0.3) is 0 Å². The van der Waals surface area contributed by atoms with Gasteiger partial charge in [0.2, 0.25) is 0 Å². The Kier molecular flexibility index (Phi) is 6.17. The van der Waals surface area contributed by atoms with Gasteiger partial charge in [0.1, 0.15) is 10.7 Å². The minimum Gasteiger partial charge on any atom is -0.382 e. The fraction of sp³-hybridized carbons (Fsp3) is 0.571. The van der Waals surface area contributed by atoms with Crippen LogP contribution in [0.5, 0.6) is 0 Å². The van der Waals surface area contributed by atoms with Gasteiger partial charge >= 0.3 is 0 Å². The zero-order valence-corrected chi connectivity index (χ0v) is 13.9. The summed E-state index contributed by atoms with van der Waals surface area (Å²) in [5.41, 5.74) is 6.61. The zero-order valence-electron chi connectivity index (χ0n) is 13.1. The van der Waals surface area contributed by atoms with Crippen LogP contribution in [-0.2, 0) is 4.74 Å². The second-order valence-corrected chi connectivity index (χ2v) is 6.87. The van der Waals surface area contributed by atoms with Gasteiger partial charge in [-0.2, -0.15) is 0 Å². The minimum absolute atomic E-state index is 0.131. The Morgan fingerprint density at radius 3 is 2.71 bits per heavy atom. The predicted molar refractivity (Wildman–Crippen MR) is 87.9 cm³/mol.